The quantitative estimate of drug-likeness (QED) is 0.251. The lowest BCUT2D eigenvalue weighted by Gasteiger charge is -2.61. The highest BCUT2D eigenvalue weighted by atomic mass is 127. The zero-order valence-corrected chi connectivity index (χ0v) is 24.6. The summed E-state index contributed by atoms with van der Waals surface area (Å²) in [5.74, 6) is 1.94. The molecule has 0 aliphatic heterocycles. The zero-order valence-electron chi connectivity index (χ0n) is 22.4. The van der Waals surface area contributed by atoms with E-state index in [1.54, 1.807) is 12.2 Å². The molecule has 0 radical (unpaired) electrons. The highest BCUT2D eigenvalue weighted by Gasteiger charge is 2.55. The molecule has 38 heavy (non-hydrogen) atoms. The van der Waals surface area contributed by atoms with E-state index in [1.807, 2.05) is 29.2 Å². The Morgan fingerprint density at radius 2 is 2.05 bits per heavy atom. The fourth-order valence-corrected chi connectivity index (χ4v) is 7.21. The lowest BCUT2D eigenvalue weighted by Crippen LogP contribution is -2.59. The molecule has 3 saturated carbocycles. The molecule has 0 unspecified atom stereocenters. The Labute approximate surface area is 239 Å². The van der Waals surface area contributed by atoms with E-state index in [1.165, 1.54) is 12.8 Å². The molecule has 2 amide bonds. The van der Waals surface area contributed by atoms with Crippen LogP contribution in [0, 0.1) is 26.7 Å². The molecule has 208 valence electrons. The number of carbonyl (C=O) groups excluding carboxylic acids is 2. The Kier molecular flexibility index (Phi) is 9.58. The van der Waals surface area contributed by atoms with Gasteiger partial charge >= 0.3 is 0 Å². The van der Waals surface area contributed by atoms with Crippen LogP contribution in [0.25, 0.3) is 0 Å². The first-order chi connectivity index (χ1) is 18.2. The number of aliphatic hydroxyl groups is 2. The van der Waals surface area contributed by atoms with Crippen molar-refractivity contribution in [3.8, 4) is 5.75 Å². The largest absolute Gasteiger partial charge is 0.482 e. The molecule has 7 nitrogen and oxygen atoms in total. The predicted molar refractivity (Wildman–Crippen MR) is 155 cm³/mol. The van der Waals surface area contributed by atoms with Crippen LogP contribution in [0.4, 0.5) is 0 Å². The zero-order chi connectivity index (χ0) is 27.4. The Morgan fingerprint density at radius 3 is 2.71 bits per heavy atom. The van der Waals surface area contributed by atoms with Crippen LogP contribution in [-0.4, -0.2) is 64.9 Å². The number of amides is 2. The summed E-state index contributed by atoms with van der Waals surface area (Å²) in [6.07, 6.45) is 6.16. The number of aliphatic hydroxyl groups excluding tert-OH is 2. The molecule has 0 aromatic heterocycles. The van der Waals surface area contributed by atoms with Gasteiger partial charge in [-0.15, -0.1) is 6.58 Å². The smallest absolute Gasteiger partial charge is 0.247 e. The van der Waals surface area contributed by atoms with Gasteiger partial charge in [-0.3, -0.25) is 9.59 Å². The summed E-state index contributed by atoms with van der Waals surface area (Å²) in [5.41, 5.74) is 0.730. The van der Waals surface area contributed by atoms with Crippen LogP contribution in [0.15, 0.2) is 48.6 Å². The second-order valence-corrected chi connectivity index (χ2v) is 12.7. The Bertz CT molecular complexity index is 1050. The van der Waals surface area contributed by atoms with Crippen molar-refractivity contribution in [2.24, 2.45) is 23.2 Å². The van der Waals surface area contributed by atoms with E-state index in [0.29, 0.717) is 42.5 Å². The summed E-state index contributed by atoms with van der Waals surface area (Å²) in [7, 11) is 0. The van der Waals surface area contributed by atoms with Crippen LogP contribution in [-0.2, 0) is 9.59 Å². The minimum absolute atomic E-state index is 0.0294. The number of hydrogen-bond donors (Lipinski definition) is 3. The van der Waals surface area contributed by atoms with Gasteiger partial charge in [0.05, 0.1) is 16.2 Å². The Hall–Kier alpha value is -1.91. The van der Waals surface area contributed by atoms with E-state index < -0.39 is 18.2 Å². The second-order valence-electron chi connectivity index (χ2n) is 11.5. The van der Waals surface area contributed by atoms with Gasteiger partial charge in [-0.2, -0.15) is 0 Å². The van der Waals surface area contributed by atoms with Crippen LogP contribution < -0.4 is 10.1 Å². The van der Waals surface area contributed by atoms with Crippen molar-refractivity contribution in [1.82, 2.24) is 10.2 Å². The number of carbonyl (C=O) groups is 2. The number of nitrogens with one attached hydrogen (secondary N) is 1. The molecule has 0 spiro atoms. The van der Waals surface area contributed by atoms with Gasteiger partial charge < -0.3 is 25.2 Å². The van der Waals surface area contributed by atoms with Crippen molar-refractivity contribution in [3.63, 3.8) is 0 Å². The first-order valence-corrected chi connectivity index (χ1v) is 14.8. The number of para-hydroxylation sites is 1. The fourth-order valence-electron chi connectivity index (χ4n) is 6.69. The molecule has 4 aliphatic carbocycles. The minimum atomic E-state index is -1.00. The second kappa shape index (κ2) is 12.5. The van der Waals surface area contributed by atoms with Crippen molar-refractivity contribution in [2.75, 3.05) is 19.7 Å². The maximum Gasteiger partial charge on any atom is 0.247 e. The van der Waals surface area contributed by atoms with Crippen LogP contribution in [0.3, 0.4) is 0 Å². The number of benzene rings is 1. The van der Waals surface area contributed by atoms with Gasteiger partial charge in [0.2, 0.25) is 11.8 Å². The molecule has 4 aliphatic rings. The van der Waals surface area contributed by atoms with Crippen LogP contribution >= 0.6 is 22.6 Å². The molecular formula is C30H41IN2O5. The predicted octanol–water partition coefficient (Wildman–Crippen LogP) is 4.07. The van der Waals surface area contributed by atoms with Crippen molar-refractivity contribution in [2.45, 2.75) is 70.6 Å². The molecular weight excluding hydrogens is 595 g/mol. The normalized spacial score (nSPS) is 29.4. The third-order valence-electron chi connectivity index (χ3n) is 9.03. The molecule has 8 heteroatoms. The minimum Gasteiger partial charge on any atom is -0.482 e. The number of fused-ring (bicyclic) bond motifs is 2. The third kappa shape index (κ3) is 6.12. The van der Waals surface area contributed by atoms with E-state index >= 15 is 0 Å². The van der Waals surface area contributed by atoms with Crippen molar-refractivity contribution in [1.29, 1.82) is 0 Å². The summed E-state index contributed by atoms with van der Waals surface area (Å²) in [5, 5.41) is 23.6. The lowest BCUT2D eigenvalue weighted by atomic mass is 9.45. The molecule has 2 bridgehead atoms. The van der Waals surface area contributed by atoms with Crippen molar-refractivity contribution >= 4 is 34.4 Å². The van der Waals surface area contributed by atoms with Gasteiger partial charge in [0.25, 0.3) is 0 Å². The Morgan fingerprint density at radius 1 is 1.29 bits per heavy atom. The molecule has 6 atom stereocenters. The summed E-state index contributed by atoms with van der Waals surface area (Å²) in [6.45, 7) is 9.00. The summed E-state index contributed by atoms with van der Waals surface area (Å²) in [4.78, 5) is 28.5. The van der Waals surface area contributed by atoms with Gasteiger partial charge in [0, 0.05) is 31.5 Å². The number of rotatable bonds is 11. The van der Waals surface area contributed by atoms with E-state index in [-0.39, 0.29) is 36.8 Å². The van der Waals surface area contributed by atoms with Gasteiger partial charge in [0.1, 0.15) is 18.0 Å². The van der Waals surface area contributed by atoms with E-state index in [4.69, 9.17) is 4.74 Å². The average Bonchev–Trinajstić information content (AvgIpc) is 2.91. The van der Waals surface area contributed by atoms with E-state index in [0.717, 1.165) is 15.9 Å². The summed E-state index contributed by atoms with van der Waals surface area (Å²) >= 11 is 2.18. The van der Waals surface area contributed by atoms with Crippen molar-refractivity contribution < 1.29 is 24.5 Å². The number of halogens is 1. The van der Waals surface area contributed by atoms with Gasteiger partial charge in [-0.05, 0) is 89.7 Å². The number of ether oxygens (including phenoxy) is 1. The molecule has 0 saturated heterocycles. The first-order valence-electron chi connectivity index (χ1n) is 13.8. The van der Waals surface area contributed by atoms with E-state index in [9.17, 15) is 19.8 Å². The van der Waals surface area contributed by atoms with Gasteiger partial charge in [-0.25, -0.2) is 0 Å². The van der Waals surface area contributed by atoms with Crippen LogP contribution in [0.5, 0.6) is 5.75 Å². The molecule has 5 rings (SSSR count). The SMILES string of the molecule is C=CCCC(=O)N(C[C@@H]1CC[C@H]2C[C@@H]1C2(C)C)[C@@H]1CC(C(=O)NCCO)=C[C@H](Oc2ccccc2I)[C@H]1O. The van der Waals surface area contributed by atoms with Gasteiger partial charge in [-0.1, -0.05) is 32.1 Å². The van der Waals surface area contributed by atoms with Crippen molar-refractivity contribution in [3.05, 3.63) is 52.1 Å². The number of nitrogens with zero attached hydrogens (tertiary/aromatic N) is 1. The van der Waals surface area contributed by atoms with Crippen LogP contribution in [0.1, 0.15) is 52.4 Å². The summed E-state index contributed by atoms with van der Waals surface area (Å²) in [6, 6.07) is 6.93. The van der Waals surface area contributed by atoms with E-state index in [2.05, 4.69) is 48.3 Å². The highest BCUT2D eigenvalue weighted by molar-refractivity contribution is 14.1. The monoisotopic (exact) mass is 636 g/mol. The molecule has 3 N–H and O–H groups in total. The molecule has 1 aromatic carbocycles. The average molecular weight is 637 g/mol. The maximum atomic E-state index is 13.6. The summed E-state index contributed by atoms with van der Waals surface area (Å²) < 4.78 is 7.15. The lowest BCUT2D eigenvalue weighted by molar-refractivity contribution is -0.148. The van der Waals surface area contributed by atoms with Crippen LogP contribution in [0.2, 0.25) is 0 Å². The number of hydrogen-bond acceptors (Lipinski definition) is 5. The fraction of sp³-hybridized carbons (Fsp3) is 0.600. The molecule has 0 heterocycles. The first kappa shape index (κ1) is 29.1. The molecule has 1 aromatic rings. The highest BCUT2D eigenvalue weighted by Crippen LogP contribution is 2.61. The van der Waals surface area contributed by atoms with Gasteiger partial charge in [0.15, 0.2) is 0 Å². The third-order valence-corrected chi connectivity index (χ3v) is 9.92. The Balaban J connectivity index is 1.64. The maximum absolute atomic E-state index is 13.6. The number of allylic oxidation sites excluding steroid dienone is 1. The topological polar surface area (TPSA) is 99.1 Å². The standard InChI is InChI=1S/C30H41IN2O5/c1-4-5-10-27(35)33(18-19-11-12-21-17-22(19)30(21,2)3)24-15-20(29(37)32-13-14-34)16-26(28(24)36)38-25-9-7-6-8-23(25)31/h4,6-9,16,19,21-22,24,26,28,34,36H,1,5,10-15,17-18H2,2-3H3,(H,32,37)/t19-,21-,22-,24+,26-,28-/m0/s1. The molecule has 3 fully saturated rings.